The smallest absolute Gasteiger partial charge is 0.226 e. The van der Waals surface area contributed by atoms with E-state index < -0.39 is 0 Å². The molecule has 1 saturated heterocycles. The van der Waals surface area contributed by atoms with Crippen molar-refractivity contribution >= 4 is 11.8 Å². The SMILES string of the molecule is Cc1cc(C(=N)N)nc(N2CCN(C)CC2)n1. The van der Waals surface area contributed by atoms with Gasteiger partial charge in [0, 0.05) is 31.9 Å². The minimum absolute atomic E-state index is 0.00845. The summed E-state index contributed by atoms with van der Waals surface area (Å²) < 4.78 is 0. The monoisotopic (exact) mass is 234 g/mol. The molecule has 6 nitrogen and oxygen atoms in total. The number of nitrogens with one attached hydrogen (secondary N) is 1. The predicted molar refractivity (Wildman–Crippen MR) is 67.5 cm³/mol. The molecular formula is C11H18N6. The van der Waals surface area contributed by atoms with Crippen LogP contribution in [0.25, 0.3) is 0 Å². The van der Waals surface area contributed by atoms with Crippen molar-refractivity contribution in [2.45, 2.75) is 6.92 Å². The fraction of sp³-hybridized carbons (Fsp3) is 0.545. The number of hydrogen-bond acceptors (Lipinski definition) is 5. The maximum atomic E-state index is 7.44. The van der Waals surface area contributed by atoms with Crippen LogP contribution in [-0.2, 0) is 0 Å². The standard InChI is InChI=1S/C11H18N6/c1-8-7-9(10(12)13)15-11(14-8)17-5-3-16(2)4-6-17/h7H,3-6H2,1-2H3,(H3,12,13). The summed E-state index contributed by atoms with van der Waals surface area (Å²) in [7, 11) is 2.11. The molecule has 1 aromatic rings. The molecule has 0 aromatic carbocycles. The molecule has 0 saturated carbocycles. The molecule has 0 atom stereocenters. The number of anilines is 1. The van der Waals surface area contributed by atoms with E-state index in [1.165, 1.54) is 0 Å². The van der Waals surface area contributed by atoms with Gasteiger partial charge >= 0.3 is 0 Å². The van der Waals surface area contributed by atoms with E-state index in [-0.39, 0.29) is 5.84 Å². The van der Waals surface area contributed by atoms with Crippen LogP contribution in [0.15, 0.2) is 6.07 Å². The Hall–Kier alpha value is -1.69. The van der Waals surface area contributed by atoms with E-state index in [0.29, 0.717) is 11.6 Å². The van der Waals surface area contributed by atoms with Crippen LogP contribution in [0.5, 0.6) is 0 Å². The average Bonchev–Trinajstić information content (AvgIpc) is 2.29. The molecular weight excluding hydrogens is 216 g/mol. The third-order valence-electron chi connectivity index (χ3n) is 2.90. The fourth-order valence-corrected chi connectivity index (χ4v) is 1.84. The van der Waals surface area contributed by atoms with Crippen molar-refractivity contribution in [2.75, 3.05) is 38.1 Å². The van der Waals surface area contributed by atoms with Crippen LogP contribution in [0.3, 0.4) is 0 Å². The zero-order valence-corrected chi connectivity index (χ0v) is 10.3. The summed E-state index contributed by atoms with van der Waals surface area (Å²) in [5.74, 6) is 0.675. The second kappa shape index (κ2) is 4.67. The van der Waals surface area contributed by atoms with Crippen LogP contribution in [0.4, 0.5) is 5.95 Å². The molecule has 0 unspecified atom stereocenters. The maximum Gasteiger partial charge on any atom is 0.226 e. The van der Waals surface area contributed by atoms with Gasteiger partial charge in [0.05, 0.1) is 0 Å². The first kappa shape index (κ1) is 11.8. The number of aryl methyl sites for hydroxylation is 1. The van der Waals surface area contributed by atoms with Crippen LogP contribution >= 0.6 is 0 Å². The van der Waals surface area contributed by atoms with Crippen LogP contribution in [-0.4, -0.2) is 53.9 Å². The van der Waals surface area contributed by atoms with Crippen molar-refractivity contribution in [3.8, 4) is 0 Å². The summed E-state index contributed by atoms with van der Waals surface area (Å²) >= 11 is 0. The number of likely N-dealkylation sites (N-methyl/N-ethyl adjacent to an activating group) is 1. The highest BCUT2D eigenvalue weighted by Crippen LogP contribution is 2.12. The van der Waals surface area contributed by atoms with E-state index >= 15 is 0 Å². The number of piperazine rings is 1. The van der Waals surface area contributed by atoms with Crippen molar-refractivity contribution in [1.29, 1.82) is 5.41 Å². The molecule has 1 aliphatic heterocycles. The van der Waals surface area contributed by atoms with Crippen LogP contribution in [0.1, 0.15) is 11.4 Å². The van der Waals surface area contributed by atoms with Gasteiger partial charge in [-0.2, -0.15) is 0 Å². The van der Waals surface area contributed by atoms with Crippen molar-refractivity contribution in [3.63, 3.8) is 0 Å². The number of hydrogen-bond donors (Lipinski definition) is 2. The number of aromatic nitrogens is 2. The second-order valence-corrected chi connectivity index (χ2v) is 4.40. The lowest BCUT2D eigenvalue weighted by molar-refractivity contribution is 0.311. The molecule has 0 bridgehead atoms. The Morgan fingerprint density at radius 1 is 1.29 bits per heavy atom. The molecule has 1 aliphatic rings. The predicted octanol–water partition coefficient (Wildman–Crippen LogP) is -0.179. The molecule has 92 valence electrons. The summed E-state index contributed by atoms with van der Waals surface area (Å²) in [5.41, 5.74) is 6.82. The second-order valence-electron chi connectivity index (χ2n) is 4.40. The molecule has 3 N–H and O–H groups in total. The Morgan fingerprint density at radius 2 is 1.94 bits per heavy atom. The van der Waals surface area contributed by atoms with E-state index in [2.05, 4.69) is 26.8 Å². The van der Waals surface area contributed by atoms with Crippen LogP contribution < -0.4 is 10.6 Å². The normalized spacial score (nSPS) is 17.2. The molecule has 0 aliphatic carbocycles. The lowest BCUT2D eigenvalue weighted by Gasteiger charge is -2.32. The van der Waals surface area contributed by atoms with Gasteiger partial charge in [-0.1, -0.05) is 0 Å². The fourth-order valence-electron chi connectivity index (χ4n) is 1.84. The summed E-state index contributed by atoms with van der Waals surface area (Å²) in [6.45, 7) is 5.74. The highest BCUT2D eigenvalue weighted by molar-refractivity contribution is 5.93. The van der Waals surface area contributed by atoms with Gasteiger partial charge in [-0.25, -0.2) is 9.97 Å². The van der Waals surface area contributed by atoms with Gasteiger partial charge < -0.3 is 15.5 Å². The lowest BCUT2D eigenvalue weighted by Crippen LogP contribution is -2.45. The van der Waals surface area contributed by atoms with Gasteiger partial charge in [0.1, 0.15) is 11.5 Å². The minimum Gasteiger partial charge on any atom is -0.382 e. The summed E-state index contributed by atoms with van der Waals surface area (Å²) in [6, 6.07) is 1.74. The number of amidine groups is 1. The summed E-state index contributed by atoms with van der Waals surface area (Å²) in [5, 5.41) is 7.44. The first-order valence-corrected chi connectivity index (χ1v) is 5.70. The van der Waals surface area contributed by atoms with E-state index in [9.17, 15) is 0 Å². The van der Waals surface area contributed by atoms with Crippen molar-refractivity contribution < 1.29 is 0 Å². The zero-order valence-electron chi connectivity index (χ0n) is 10.3. The Balaban J connectivity index is 2.23. The molecule has 0 radical (unpaired) electrons. The first-order chi connectivity index (χ1) is 8.06. The Kier molecular flexibility index (Phi) is 3.23. The highest BCUT2D eigenvalue weighted by atomic mass is 15.3. The van der Waals surface area contributed by atoms with Gasteiger partial charge in [0.25, 0.3) is 0 Å². The molecule has 1 aromatic heterocycles. The zero-order chi connectivity index (χ0) is 12.4. The van der Waals surface area contributed by atoms with Crippen molar-refractivity contribution in [1.82, 2.24) is 14.9 Å². The minimum atomic E-state index is -0.00845. The Morgan fingerprint density at radius 3 is 2.53 bits per heavy atom. The van der Waals surface area contributed by atoms with E-state index in [4.69, 9.17) is 11.1 Å². The molecule has 0 spiro atoms. The van der Waals surface area contributed by atoms with E-state index in [0.717, 1.165) is 31.9 Å². The van der Waals surface area contributed by atoms with Crippen molar-refractivity contribution in [2.24, 2.45) is 5.73 Å². The van der Waals surface area contributed by atoms with Crippen LogP contribution in [0.2, 0.25) is 0 Å². The number of nitrogens with two attached hydrogens (primary N) is 1. The third kappa shape index (κ3) is 2.71. The molecule has 6 heteroatoms. The molecule has 2 heterocycles. The number of nitrogens with zero attached hydrogens (tertiary/aromatic N) is 4. The molecule has 17 heavy (non-hydrogen) atoms. The Bertz CT molecular complexity index is 422. The molecule has 1 fully saturated rings. The first-order valence-electron chi connectivity index (χ1n) is 5.70. The number of nitrogen functional groups attached to an aromatic ring is 1. The topological polar surface area (TPSA) is 82.1 Å². The van der Waals surface area contributed by atoms with Gasteiger partial charge in [-0.15, -0.1) is 0 Å². The molecule has 2 rings (SSSR count). The highest BCUT2D eigenvalue weighted by Gasteiger charge is 2.17. The quantitative estimate of drug-likeness (QED) is 0.548. The Labute approximate surface area is 101 Å². The maximum absolute atomic E-state index is 7.44. The van der Waals surface area contributed by atoms with Gasteiger partial charge in [-0.05, 0) is 20.0 Å². The van der Waals surface area contributed by atoms with Crippen LogP contribution in [0, 0.1) is 12.3 Å². The largest absolute Gasteiger partial charge is 0.382 e. The van der Waals surface area contributed by atoms with Gasteiger partial charge in [0.15, 0.2) is 0 Å². The summed E-state index contributed by atoms with van der Waals surface area (Å²) in [4.78, 5) is 13.2. The lowest BCUT2D eigenvalue weighted by atomic mass is 10.3. The van der Waals surface area contributed by atoms with E-state index in [1.54, 1.807) is 6.07 Å². The van der Waals surface area contributed by atoms with Gasteiger partial charge in [0.2, 0.25) is 5.95 Å². The number of rotatable bonds is 2. The average molecular weight is 234 g/mol. The summed E-state index contributed by atoms with van der Waals surface area (Å²) in [6.07, 6.45) is 0. The van der Waals surface area contributed by atoms with Crippen molar-refractivity contribution in [3.05, 3.63) is 17.5 Å². The van der Waals surface area contributed by atoms with E-state index in [1.807, 2.05) is 6.92 Å². The third-order valence-corrected chi connectivity index (χ3v) is 2.90. The molecule has 0 amide bonds. The van der Waals surface area contributed by atoms with Gasteiger partial charge in [-0.3, -0.25) is 5.41 Å².